The quantitative estimate of drug-likeness (QED) is 0.152. The summed E-state index contributed by atoms with van der Waals surface area (Å²) in [6.07, 6.45) is 0. The Labute approximate surface area is 226 Å². The first kappa shape index (κ1) is 13.8. The van der Waals surface area contributed by atoms with Crippen molar-refractivity contribution in [2.45, 2.75) is 0 Å². The van der Waals surface area contributed by atoms with Gasteiger partial charge in [-0.15, -0.1) is 0 Å². The first-order chi connectivity index (χ1) is 21.1. The second-order valence-corrected chi connectivity index (χ2v) is 9.59. The van der Waals surface area contributed by atoms with Crippen molar-refractivity contribution in [3.63, 3.8) is 0 Å². The van der Waals surface area contributed by atoms with Crippen molar-refractivity contribution in [1.29, 1.82) is 0 Å². The van der Waals surface area contributed by atoms with E-state index in [1.54, 1.807) is 6.07 Å². The third-order valence-corrected chi connectivity index (χ3v) is 7.74. The van der Waals surface area contributed by atoms with Crippen LogP contribution in [0.4, 0.5) is 0 Å². The molecule has 0 aliphatic carbocycles. The lowest BCUT2D eigenvalue weighted by Gasteiger charge is -2.14. The van der Waals surface area contributed by atoms with E-state index in [-0.39, 0.29) is 50.2 Å². The van der Waals surface area contributed by atoms with Gasteiger partial charge in [0.1, 0.15) is 11.2 Å². The molecule has 168 valence electrons. The Balaban J connectivity index is 1.63. The molecule has 36 heavy (non-hydrogen) atoms. The van der Waals surface area contributed by atoms with E-state index in [4.69, 9.17) is 15.4 Å². The second kappa shape index (κ2) is 7.43. The van der Waals surface area contributed by atoms with Crippen LogP contribution < -0.4 is 0 Å². The molecule has 0 atom stereocenters. The maximum Gasteiger partial charge on any atom is 0.143 e. The summed E-state index contributed by atoms with van der Waals surface area (Å²) in [5.74, 6) is 0. The largest absolute Gasteiger partial charge is 0.455 e. The zero-order chi connectivity index (χ0) is 30.8. The molecule has 0 saturated heterocycles. The molecule has 0 N–H and O–H groups in total. The van der Waals surface area contributed by atoms with Gasteiger partial charge in [-0.25, -0.2) is 0 Å². The highest BCUT2D eigenvalue weighted by Gasteiger charge is 2.18. The molecule has 7 aromatic carbocycles. The summed E-state index contributed by atoms with van der Waals surface area (Å²) in [5.41, 5.74) is 2.19. The van der Waals surface area contributed by atoms with Crippen LogP contribution in [0.5, 0.6) is 0 Å². The fourth-order valence-electron chi connectivity index (χ4n) is 5.43. The first-order valence-electron chi connectivity index (χ1n) is 15.5. The number of halogens is 1. The summed E-state index contributed by atoms with van der Waals surface area (Å²) >= 11 is 3.48. The highest BCUT2D eigenvalue weighted by Crippen LogP contribution is 2.45. The molecule has 2 heteroatoms. The van der Waals surface area contributed by atoms with Crippen LogP contribution in [0.15, 0.2) is 124 Å². The van der Waals surface area contributed by atoms with Gasteiger partial charge in [0.25, 0.3) is 0 Å². The Bertz CT molecular complexity index is 2530. The SMILES string of the molecule is [2H]c1c([2H])c([2H])c2c(-c3ccc4oc5c6ccccc6c6ccccc6c5c4c3)c3c([2H])c([2H])c([2H])c([2H])c3c(Br)c2c1[2H]. The van der Waals surface area contributed by atoms with Crippen molar-refractivity contribution in [2.24, 2.45) is 0 Å². The molecule has 0 aliphatic heterocycles. The molecule has 0 saturated carbocycles. The third kappa shape index (κ3) is 2.65. The number of hydrogen-bond acceptors (Lipinski definition) is 1. The van der Waals surface area contributed by atoms with Crippen molar-refractivity contribution in [3.05, 3.63) is 120 Å². The Morgan fingerprint density at radius 1 is 0.556 bits per heavy atom. The lowest BCUT2D eigenvalue weighted by atomic mass is 9.91. The van der Waals surface area contributed by atoms with Gasteiger partial charge in [-0.1, -0.05) is 103 Å². The second-order valence-electron chi connectivity index (χ2n) is 8.80. The van der Waals surface area contributed by atoms with Crippen LogP contribution in [-0.4, -0.2) is 0 Å². The van der Waals surface area contributed by atoms with E-state index < -0.39 is 24.2 Å². The van der Waals surface area contributed by atoms with Crippen molar-refractivity contribution in [1.82, 2.24) is 0 Å². The Kier molecular flexibility index (Phi) is 2.85. The van der Waals surface area contributed by atoms with Gasteiger partial charge in [0.05, 0.1) is 11.0 Å². The van der Waals surface area contributed by atoms with Crippen molar-refractivity contribution < 1.29 is 15.4 Å². The van der Waals surface area contributed by atoms with Crippen LogP contribution in [-0.2, 0) is 0 Å². The zero-order valence-electron chi connectivity index (χ0n) is 26.6. The summed E-state index contributed by atoms with van der Waals surface area (Å²) in [6.45, 7) is 0. The van der Waals surface area contributed by atoms with Gasteiger partial charge in [0, 0.05) is 20.6 Å². The average molecular weight is 531 g/mol. The first-order valence-corrected chi connectivity index (χ1v) is 12.3. The highest BCUT2D eigenvalue weighted by atomic mass is 79.9. The molecule has 8 aromatic rings. The van der Waals surface area contributed by atoms with Crippen molar-refractivity contribution in [2.75, 3.05) is 0 Å². The van der Waals surface area contributed by atoms with Gasteiger partial charge in [-0.05, 0) is 76.9 Å². The molecule has 1 aromatic heterocycles. The van der Waals surface area contributed by atoms with Gasteiger partial charge in [-0.3, -0.25) is 0 Å². The number of benzene rings is 7. The molecular weight excluding hydrogens is 504 g/mol. The maximum atomic E-state index is 8.95. The van der Waals surface area contributed by atoms with Gasteiger partial charge in [0.15, 0.2) is 0 Å². The Morgan fingerprint density at radius 2 is 1.11 bits per heavy atom. The van der Waals surface area contributed by atoms with E-state index in [1.807, 2.05) is 48.5 Å². The van der Waals surface area contributed by atoms with E-state index >= 15 is 0 Å². The molecule has 1 heterocycles. The van der Waals surface area contributed by atoms with Crippen LogP contribution in [0, 0.1) is 0 Å². The normalized spacial score (nSPS) is 15.1. The average Bonchev–Trinajstić information content (AvgIpc) is 3.43. The van der Waals surface area contributed by atoms with Gasteiger partial charge in [0.2, 0.25) is 0 Å². The summed E-state index contributed by atoms with van der Waals surface area (Å²) in [6, 6.07) is 18.7. The van der Waals surface area contributed by atoms with Gasteiger partial charge in [-0.2, -0.15) is 0 Å². The maximum absolute atomic E-state index is 8.95. The molecular formula is C34H19BrO. The predicted molar refractivity (Wildman–Crippen MR) is 157 cm³/mol. The van der Waals surface area contributed by atoms with E-state index in [2.05, 4.69) is 28.1 Å². The summed E-state index contributed by atoms with van der Waals surface area (Å²) in [4.78, 5) is 0. The van der Waals surface area contributed by atoms with E-state index in [0.29, 0.717) is 16.7 Å². The molecule has 8 rings (SSSR count). The summed E-state index contributed by atoms with van der Waals surface area (Å²) in [7, 11) is 0. The molecule has 0 fully saturated rings. The lowest BCUT2D eigenvalue weighted by molar-refractivity contribution is 0.673. The fourth-order valence-corrected chi connectivity index (χ4v) is 6.02. The predicted octanol–water partition coefficient (Wildman–Crippen LogP) is 10.6. The van der Waals surface area contributed by atoms with E-state index in [9.17, 15) is 0 Å². The van der Waals surface area contributed by atoms with Crippen LogP contribution in [0.25, 0.3) is 76.2 Å². The molecule has 0 unspecified atom stereocenters. The Morgan fingerprint density at radius 3 is 1.78 bits per heavy atom. The third-order valence-electron chi connectivity index (χ3n) is 6.95. The van der Waals surface area contributed by atoms with E-state index in [0.717, 1.165) is 37.9 Å². The number of furan rings is 1. The fraction of sp³-hybridized carbons (Fsp3) is 0. The minimum atomic E-state index is -0.428. The lowest BCUT2D eigenvalue weighted by Crippen LogP contribution is -1.87. The van der Waals surface area contributed by atoms with E-state index in [1.165, 1.54) is 0 Å². The van der Waals surface area contributed by atoms with Gasteiger partial charge >= 0.3 is 0 Å². The molecule has 0 aliphatic rings. The number of rotatable bonds is 1. The number of fused-ring (bicyclic) bond motifs is 10. The molecule has 0 bridgehead atoms. The van der Waals surface area contributed by atoms with Crippen molar-refractivity contribution in [3.8, 4) is 11.1 Å². The smallest absolute Gasteiger partial charge is 0.143 e. The van der Waals surface area contributed by atoms with Crippen LogP contribution in [0.1, 0.15) is 11.0 Å². The topological polar surface area (TPSA) is 13.1 Å². The molecule has 0 radical (unpaired) electrons. The summed E-state index contributed by atoms with van der Waals surface area (Å²) in [5, 5.41) is 6.39. The molecule has 0 spiro atoms. The summed E-state index contributed by atoms with van der Waals surface area (Å²) < 4.78 is 75.8. The number of hydrogen-bond donors (Lipinski definition) is 0. The van der Waals surface area contributed by atoms with Crippen LogP contribution in [0.3, 0.4) is 0 Å². The van der Waals surface area contributed by atoms with Crippen LogP contribution >= 0.6 is 15.9 Å². The minimum absolute atomic E-state index is 0.150. The molecule has 1 nitrogen and oxygen atoms in total. The standard InChI is InChI=1S/C34H19BrO/c35-33-26-14-6-4-12-24(26)31(25-13-5-7-15-27(25)33)20-17-18-30-29(19-20)32-23-11-3-1-9-21(23)22-10-2-8-16-28(22)34(32)36-30/h1-19H/i4D,5D,6D,7D,12D,13D,14D,15D. The zero-order valence-corrected chi connectivity index (χ0v) is 20.2. The minimum Gasteiger partial charge on any atom is -0.455 e. The monoisotopic (exact) mass is 530 g/mol. The Hall–Kier alpha value is -4.14. The van der Waals surface area contributed by atoms with Crippen LogP contribution in [0.2, 0.25) is 0 Å². The van der Waals surface area contributed by atoms with Gasteiger partial charge < -0.3 is 4.42 Å². The highest BCUT2D eigenvalue weighted by molar-refractivity contribution is 9.10. The molecule has 0 amide bonds. The van der Waals surface area contributed by atoms with Crippen molar-refractivity contribution >= 4 is 81.0 Å².